The van der Waals surface area contributed by atoms with Crippen molar-refractivity contribution in [1.29, 1.82) is 5.41 Å². The van der Waals surface area contributed by atoms with Gasteiger partial charge in [0.1, 0.15) is 22.9 Å². The van der Waals surface area contributed by atoms with E-state index in [1.54, 1.807) is 58.1 Å². The summed E-state index contributed by atoms with van der Waals surface area (Å²) in [5.74, 6) is 1.47. The van der Waals surface area contributed by atoms with Gasteiger partial charge in [-0.05, 0) is 6.07 Å². The topological polar surface area (TPSA) is 150 Å². The summed E-state index contributed by atoms with van der Waals surface area (Å²) in [6, 6.07) is 5.18. The fourth-order valence-electron chi connectivity index (χ4n) is 3.32. The first-order valence-electron chi connectivity index (χ1n) is 9.70. The van der Waals surface area contributed by atoms with Crippen LogP contribution in [0.3, 0.4) is 0 Å². The molecule has 0 spiro atoms. The van der Waals surface area contributed by atoms with Crippen LogP contribution < -0.4 is 25.4 Å². The average Bonchev–Trinajstić information content (AvgIpc) is 3.22. The van der Waals surface area contributed by atoms with Gasteiger partial charge >= 0.3 is 0 Å². The third-order valence-corrected chi connectivity index (χ3v) is 4.80. The van der Waals surface area contributed by atoms with E-state index in [2.05, 4.69) is 35.9 Å². The number of nitrogens with zero attached hydrogens (tertiary/aromatic N) is 3. The van der Waals surface area contributed by atoms with Crippen molar-refractivity contribution in [3.05, 3.63) is 59.8 Å². The molecule has 0 bridgehead atoms. The number of benzene rings is 1. The van der Waals surface area contributed by atoms with Crippen molar-refractivity contribution < 1.29 is 14.3 Å². The summed E-state index contributed by atoms with van der Waals surface area (Å²) >= 11 is 0. The Balaban J connectivity index is 1.82. The molecule has 0 unspecified atom stereocenters. The first-order chi connectivity index (χ1) is 15.5. The van der Waals surface area contributed by atoms with E-state index < -0.39 is 5.91 Å². The van der Waals surface area contributed by atoms with Gasteiger partial charge in [0.25, 0.3) is 5.91 Å². The smallest absolute Gasteiger partial charge is 0.261 e. The van der Waals surface area contributed by atoms with Crippen molar-refractivity contribution in [3.63, 3.8) is 0 Å². The SMILES string of the molecule is CN/C=C1/NC(=O)C(c2nc3cc(OC)c(OC)cc3[nH]2)=C(NCc2ncccn2)C1=N. The highest BCUT2D eigenvalue weighted by atomic mass is 16.5. The normalized spacial score (nSPS) is 15.2. The number of ether oxygens (including phenoxy) is 2. The van der Waals surface area contributed by atoms with Crippen molar-refractivity contribution in [3.8, 4) is 11.5 Å². The van der Waals surface area contributed by atoms with Crippen molar-refractivity contribution in [2.24, 2.45) is 0 Å². The molecule has 0 saturated carbocycles. The minimum Gasteiger partial charge on any atom is -0.493 e. The van der Waals surface area contributed by atoms with Gasteiger partial charge in [-0.25, -0.2) is 15.0 Å². The maximum absolute atomic E-state index is 13.1. The molecule has 3 heterocycles. The van der Waals surface area contributed by atoms with E-state index in [1.807, 2.05) is 0 Å². The number of methoxy groups -OCH3 is 2. The molecular weight excluding hydrogens is 412 g/mol. The predicted molar refractivity (Wildman–Crippen MR) is 118 cm³/mol. The number of hydrogen-bond acceptors (Lipinski definition) is 9. The van der Waals surface area contributed by atoms with Gasteiger partial charge in [-0.15, -0.1) is 0 Å². The zero-order chi connectivity index (χ0) is 22.7. The van der Waals surface area contributed by atoms with Crippen molar-refractivity contribution in [2.75, 3.05) is 21.3 Å². The number of H-pyrrole nitrogens is 1. The summed E-state index contributed by atoms with van der Waals surface area (Å²) in [5.41, 5.74) is 2.19. The molecule has 11 nitrogen and oxygen atoms in total. The van der Waals surface area contributed by atoms with Gasteiger partial charge in [0.2, 0.25) is 0 Å². The van der Waals surface area contributed by atoms with Crippen molar-refractivity contribution in [1.82, 2.24) is 35.9 Å². The van der Waals surface area contributed by atoms with E-state index in [4.69, 9.17) is 14.9 Å². The van der Waals surface area contributed by atoms with Crippen molar-refractivity contribution in [2.45, 2.75) is 6.54 Å². The van der Waals surface area contributed by atoms with Crippen LogP contribution in [0, 0.1) is 5.41 Å². The number of nitrogens with one attached hydrogen (secondary N) is 5. The predicted octanol–water partition coefficient (Wildman–Crippen LogP) is 1.08. The zero-order valence-electron chi connectivity index (χ0n) is 17.7. The van der Waals surface area contributed by atoms with Crippen LogP contribution in [0.1, 0.15) is 11.6 Å². The van der Waals surface area contributed by atoms with Crippen molar-refractivity contribution >= 4 is 28.2 Å². The third-order valence-electron chi connectivity index (χ3n) is 4.80. The molecule has 0 fully saturated rings. The Bertz CT molecular complexity index is 1210. The largest absolute Gasteiger partial charge is 0.493 e. The number of aromatic nitrogens is 4. The van der Waals surface area contributed by atoms with Crippen LogP contribution in [0.25, 0.3) is 16.6 Å². The molecule has 0 aliphatic carbocycles. The molecule has 1 amide bonds. The minimum atomic E-state index is -0.406. The fourth-order valence-corrected chi connectivity index (χ4v) is 3.32. The monoisotopic (exact) mass is 434 g/mol. The Morgan fingerprint density at radius 1 is 1.16 bits per heavy atom. The lowest BCUT2D eigenvalue weighted by Gasteiger charge is -2.23. The number of amides is 1. The molecule has 32 heavy (non-hydrogen) atoms. The number of fused-ring (bicyclic) bond motifs is 1. The summed E-state index contributed by atoms with van der Waals surface area (Å²) in [4.78, 5) is 29.1. The van der Waals surface area contributed by atoms with Crippen LogP contribution in [0.2, 0.25) is 0 Å². The Morgan fingerprint density at radius 3 is 2.56 bits per heavy atom. The van der Waals surface area contributed by atoms with E-state index in [0.29, 0.717) is 45.6 Å². The molecule has 164 valence electrons. The summed E-state index contributed by atoms with van der Waals surface area (Å²) in [6.07, 6.45) is 4.81. The fraction of sp³-hybridized carbons (Fsp3) is 0.190. The molecular formula is C21H22N8O3. The summed E-state index contributed by atoms with van der Waals surface area (Å²) in [6.45, 7) is 0.226. The van der Waals surface area contributed by atoms with E-state index in [-0.39, 0.29) is 17.8 Å². The number of hydrogen-bond donors (Lipinski definition) is 5. The second-order valence-electron chi connectivity index (χ2n) is 6.75. The van der Waals surface area contributed by atoms with Gasteiger partial charge in [-0.1, -0.05) is 0 Å². The lowest BCUT2D eigenvalue weighted by Crippen LogP contribution is -2.40. The number of imidazole rings is 1. The lowest BCUT2D eigenvalue weighted by molar-refractivity contribution is -0.115. The van der Waals surface area contributed by atoms with Crippen LogP contribution in [-0.2, 0) is 11.3 Å². The number of carbonyl (C=O) groups is 1. The van der Waals surface area contributed by atoms with Crippen LogP contribution in [0.5, 0.6) is 11.5 Å². The van der Waals surface area contributed by atoms with Gasteiger partial charge in [0.05, 0.1) is 43.2 Å². The van der Waals surface area contributed by atoms with E-state index in [1.165, 1.54) is 0 Å². The maximum atomic E-state index is 13.1. The highest BCUT2D eigenvalue weighted by Crippen LogP contribution is 2.32. The number of rotatable bonds is 7. The first-order valence-corrected chi connectivity index (χ1v) is 9.70. The van der Waals surface area contributed by atoms with Gasteiger partial charge < -0.3 is 30.4 Å². The molecule has 2 aromatic heterocycles. The molecule has 4 rings (SSSR count). The van der Waals surface area contributed by atoms with E-state index in [9.17, 15) is 4.79 Å². The standard InChI is InChI=1S/C21H22N8O3/c1-23-9-13-18(22)19(26-10-16-24-5-4-6-25-16)17(21(30)29-13)20-27-11-7-14(31-2)15(32-3)8-12(11)28-20/h4-9,22-23,26H,10H2,1-3H3,(H,27,28)(H,29,30)/b13-9+,22-18?. The van der Waals surface area contributed by atoms with Crippen LogP contribution in [0.15, 0.2) is 48.2 Å². The number of carbonyl (C=O) groups excluding carboxylic acids is 1. The first kappa shape index (κ1) is 20.8. The second-order valence-corrected chi connectivity index (χ2v) is 6.75. The molecule has 0 radical (unpaired) electrons. The van der Waals surface area contributed by atoms with Gasteiger partial charge in [-0.3, -0.25) is 10.2 Å². The Labute approximate surface area is 183 Å². The van der Waals surface area contributed by atoms with Crippen LogP contribution >= 0.6 is 0 Å². The van der Waals surface area contributed by atoms with E-state index in [0.717, 1.165) is 0 Å². The van der Waals surface area contributed by atoms with Gasteiger partial charge in [0.15, 0.2) is 11.5 Å². The quantitative estimate of drug-likeness (QED) is 0.371. The van der Waals surface area contributed by atoms with Gasteiger partial charge in [0, 0.05) is 37.8 Å². The summed E-state index contributed by atoms with van der Waals surface area (Å²) < 4.78 is 10.7. The Hall–Kier alpha value is -4.41. The molecule has 3 aromatic rings. The minimum absolute atomic E-state index is 0.0977. The molecule has 1 aliphatic rings. The molecule has 5 N–H and O–H groups in total. The second kappa shape index (κ2) is 8.76. The molecule has 1 aliphatic heterocycles. The summed E-state index contributed by atoms with van der Waals surface area (Å²) in [7, 11) is 4.78. The van der Waals surface area contributed by atoms with E-state index >= 15 is 0 Å². The van der Waals surface area contributed by atoms with Crippen LogP contribution in [-0.4, -0.2) is 52.8 Å². The lowest BCUT2D eigenvalue weighted by atomic mass is 10.0. The average molecular weight is 434 g/mol. The Morgan fingerprint density at radius 2 is 1.88 bits per heavy atom. The molecule has 0 atom stereocenters. The number of aromatic amines is 1. The zero-order valence-corrected chi connectivity index (χ0v) is 17.7. The molecule has 0 saturated heterocycles. The third kappa shape index (κ3) is 3.83. The Kier molecular flexibility index (Phi) is 5.71. The summed E-state index contributed by atoms with van der Waals surface area (Å²) in [5, 5.41) is 17.3. The molecule has 11 heteroatoms. The van der Waals surface area contributed by atoms with Crippen LogP contribution in [0.4, 0.5) is 0 Å². The highest BCUT2D eigenvalue weighted by molar-refractivity contribution is 6.33. The molecule has 1 aromatic carbocycles. The highest BCUT2D eigenvalue weighted by Gasteiger charge is 2.31. The van der Waals surface area contributed by atoms with Gasteiger partial charge in [-0.2, -0.15) is 0 Å². The maximum Gasteiger partial charge on any atom is 0.261 e.